The van der Waals surface area contributed by atoms with Crippen molar-refractivity contribution in [3.8, 4) is 0 Å². The number of rotatable bonds is 9. The Balaban J connectivity index is 1.16. The Bertz CT molecular complexity index is 673. The SMILES string of the molecule is CCCC1CCC(COC2C=CC(c3ccc(CCC4CCC(C)CC4)cc3)CC2)CC1. The van der Waals surface area contributed by atoms with Gasteiger partial charge in [0.1, 0.15) is 0 Å². The highest BCUT2D eigenvalue weighted by molar-refractivity contribution is 5.29. The van der Waals surface area contributed by atoms with Gasteiger partial charge in [-0.15, -0.1) is 0 Å². The van der Waals surface area contributed by atoms with Crippen molar-refractivity contribution >= 4 is 0 Å². The molecule has 0 bridgehead atoms. The molecule has 0 aliphatic heterocycles. The van der Waals surface area contributed by atoms with Gasteiger partial charge in [0.2, 0.25) is 0 Å². The summed E-state index contributed by atoms with van der Waals surface area (Å²) in [6.45, 7) is 5.72. The molecule has 2 unspecified atom stereocenters. The second-order valence-electron chi connectivity index (χ2n) is 11.5. The minimum atomic E-state index is 0.345. The zero-order chi connectivity index (χ0) is 22.2. The number of hydrogen-bond donors (Lipinski definition) is 0. The van der Waals surface area contributed by atoms with Gasteiger partial charge in [0.05, 0.1) is 12.7 Å². The van der Waals surface area contributed by atoms with E-state index in [0.717, 1.165) is 30.3 Å². The molecule has 4 rings (SSSR count). The molecule has 1 aromatic carbocycles. The van der Waals surface area contributed by atoms with Crippen LogP contribution in [0.4, 0.5) is 0 Å². The maximum absolute atomic E-state index is 6.33. The summed E-state index contributed by atoms with van der Waals surface area (Å²) in [5.41, 5.74) is 3.02. The molecule has 0 aromatic heterocycles. The number of ether oxygens (including phenoxy) is 1. The summed E-state index contributed by atoms with van der Waals surface area (Å²) < 4.78 is 6.33. The lowest BCUT2D eigenvalue weighted by molar-refractivity contribution is 0.0332. The Morgan fingerprint density at radius 2 is 1.38 bits per heavy atom. The van der Waals surface area contributed by atoms with Gasteiger partial charge in [0.15, 0.2) is 0 Å². The van der Waals surface area contributed by atoms with Crippen LogP contribution in [0.25, 0.3) is 0 Å². The maximum atomic E-state index is 6.33. The highest BCUT2D eigenvalue weighted by Gasteiger charge is 2.23. The van der Waals surface area contributed by atoms with Gasteiger partial charge in [0.25, 0.3) is 0 Å². The van der Waals surface area contributed by atoms with Crippen molar-refractivity contribution in [1.29, 1.82) is 0 Å². The summed E-state index contributed by atoms with van der Waals surface area (Å²) in [4.78, 5) is 0. The summed E-state index contributed by atoms with van der Waals surface area (Å²) in [7, 11) is 0. The first kappa shape index (κ1) is 24.1. The van der Waals surface area contributed by atoms with E-state index in [9.17, 15) is 0 Å². The fraction of sp³-hybridized carbons (Fsp3) is 0.742. The molecule has 2 fully saturated rings. The molecule has 32 heavy (non-hydrogen) atoms. The lowest BCUT2D eigenvalue weighted by atomic mass is 9.80. The van der Waals surface area contributed by atoms with E-state index in [0.29, 0.717) is 12.0 Å². The second kappa shape index (κ2) is 12.4. The third-order valence-corrected chi connectivity index (χ3v) is 8.91. The van der Waals surface area contributed by atoms with Crippen molar-refractivity contribution in [3.63, 3.8) is 0 Å². The largest absolute Gasteiger partial charge is 0.374 e. The van der Waals surface area contributed by atoms with Crippen molar-refractivity contribution in [2.45, 2.75) is 116 Å². The van der Waals surface area contributed by atoms with Gasteiger partial charge in [0, 0.05) is 5.92 Å². The van der Waals surface area contributed by atoms with Gasteiger partial charge in [-0.05, 0) is 73.3 Å². The summed E-state index contributed by atoms with van der Waals surface area (Å²) in [6, 6.07) is 9.57. The Labute approximate surface area is 198 Å². The zero-order valence-corrected chi connectivity index (χ0v) is 20.9. The summed E-state index contributed by atoms with van der Waals surface area (Å²) >= 11 is 0. The highest BCUT2D eigenvalue weighted by Crippen LogP contribution is 2.34. The van der Waals surface area contributed by atoms with Gasteiger partial charge < -0.3 is 4.74 Å². The van der Waals surface area contributed by atoms with E-state index >= 15 is 0 Å². The number of aryl methyl sites for hydroxylation is 1. The van der Waals surface area contributed by atoms with Crippen LogP contribution < -0.4 is 0 Å². The number of allylic oxidation sites excluding steroid dienone is 1. The van der Waals surface area contributed by atoms with Crippen molar-refractivity contribution in [2.75, 3.05) is 6.61 Å². The predicted molar refractivity (Wildman–Crippen MR) is 137 cm³/mol. The van der Waals surface area contributed by atoms with Crippen molar-refractivity contribution in [1.82, 2.24) is 0 Å². The molecule has 0 spiro atoms. The monoisotopic (exact) mass is 436 g/mol. The Kier molecular flexibility index (Phi) is 9.32. The minimum absolute atomic E-state index is 0.345. The fourth-order valence-electron chi connectivity index (χ4n) is 6.49. The van der Waals surface area contributed by atoms with E-state index in [1.165, 1.54) is 101 Å². The van der Waals surface area contributed by atoms with Crippen LogP contribution in [0.2, 0.25) is 0 Å². The van der Waals surface area contributed by atoms with E-state index in [2.05, 4.69) is 50.3 Å². The van der Waals surface area contributed by atoms with Crippen LogP contribution in [-0.4, -0.2) is 12.7 Å². The van der Waals surface area contributed by atoms with Crippen molar-refractivity contribution in [2.24, 2.45) is 23.7 Å². The van der Waals surface area contributed by atoms with Gasteiger partial charge in [-0.1, -0.05) is 102 Å². The van der Waals surface area contributed by atoms with Crippen LogP contribution in [0.15, 0.2) is 36.4 Å². The topological polar surface area (TPSA) is 9.23 Å². The zero-order valence-electron chi connectivity index (χ0n) is 20.9. The van der Waals surface area contributed by atoms with Crippen LogP contribution in [-0.2, 0) is 11.2 Å². The van der Waals surface area contributed by atoms with Crippen LogP contribution in [0.1, 0.15) is 114 Å². The molecule has 1 nitrogen and oxygen atoms in total. The van der Waals surface area contributed by atoms with E-state index < -0.39 is 0 Å². The fourth-order valence-corrected chi connectivity index (χ4v) is 6.49. The van der Waals surface area contributed by atoms with E-state index in [1.54, 1.807) is 0 Å². The lowest BCUT2D eigenvalue weighted by Crippen LogP contribution is -2.23. The molecule has 3 aliphatic carbocycles. The van der Waals surface area contributed by atoms with Crippen molar-refractivity contribution < 1.29 is 4.74 Å². The van der Waals surface area contributed by atoms with E-state index in [-0.39, 0.29) is 0 Å². The van der Waals surface area contributed by atoms with E-state index in [4.69, 9.17) is 4.74 Å². The average molecular weight is 437 g/mol. The molecule has 2 atom stereocenters. The molecule has 1 heteroatoms. The summed E-state index contributed by atoms with van der Waals surface area (Å²) in [5.74, 6) is 4.31. The first-order valence-electron chi connectivity index (χ1n) is 14.1. The van der Waals surface area contributed by atoms with Crippen molar-refractivity contribution in [3.05, 3.63) is 47.5 Å². The molecule has 0 saturated heterocycles. The van der Waals surface area contributed by atoms with Gasteiger partial charge in [-0.25, -0.2) is 0 Å². The molecular formula is C31H48O. The summed E-state index contributed by atoms with van der Waals surface area (Å²) in [5, 5.41) is 0. The van der Waals surface area contributed by atoms with Gasteiger partial charge in [-0.3, -0.25) is 0 Å². The number of hydrogen-bond acceptors (Lipinski definition) is 1. The van der Waals surface area contributed by atoms with Gasteiger partial charge in [-0.2, -0.15) is 0 Å². The third kappa shape index (κ3) is 7.21. The Morgan fingerprint density at radius 1 is 0.719 bits per heavy atom. The maximum Gasteiger partial charge on any atom is 0.0756 e. The third-order valence-electron chi connectivity index (χ3n) is 8.91. The quantitative estimate of drug-likeness (QED) is 0.351. The molecule has 1 aromatic rings. The van der Waals surface area contributed by atoms with Crippen LogP contribution in [0, 0.1) is 23.7 Å². The molecule has 0 radical (unpaired) electrons. The molecule has 0 amide bonds. The second-order valence-corrected chi connectivity index (χ2v) is 11.5. The first-order valence-corrected chi connectivity index (χ1v) is 14.1. The lowest BCUT2D eigenvalue weighted by Gasteiger charge is -2.30. The molecule has 178 valence electrons. The normalized spacial score (nSPS) is 33.3. The minimum Gasteiger partial charge on any atom is -0.374 e. The Hall–Kier alpha value is -1.08. The first-order chi connectivity index (χ1) is 15.7. The van der Waals surface area contributed by atoms with Crippen LogP contribution in [0.5, 0.6) is 0 Å². The van der Waals surface area contributed by atoms with Crippen LogP contribution >= 0.6 is 0 Å². The summed E-state index contributed by atoms with van der Waals surface area (Å²) in [6.07, 6.45) is 24.4. The molecule has 0 heterocycles. The standard InChI is InChI=1S/C31H48O/c1-3-4-25-11-13-28(14-12-25)23-32-31-21-19-30(20-22-31)29-17-15-27(16-18-29)10-9-26-7-5-24(2)6-8-26/h15-19,21,24-26,28,30-31H,3-14,20,22-23H2,1-2H3. The molecule has 3 aliphatic rings. The van der Waals surface area contributed by atoms with Crippen LogP contribution in [0.3, 0.4) is 0 Å². The van der Waals surface area contributed by atoms with Gasteiger partial charge >= 0.3 is 0 Å². The highest BCUT2D eigenvalue weighted by atomic mass is 16.5. The smallest absolute Gasteiger partial charge is 0.0756 e. The predicted octanol–water partition coefficient (Wildman–Crippen LogP) is 8.87. The van der Waals surface area contributed by atoms with E-state index in [1.807, 2.05) is 0 Å². The Morgan fingerprint density at radius 3 is 2.03 bits per heavy atom. The average Bonchev–Trinajstić information content (AvgIpc) is 2.84. The number of benzene rings is 1. The molecule has 2 saturated carbocycles. The molecular weight excluding hydrogens is 388 g/mol. The molecule has 0 N–H and O–H groups in total.